The van der Waals surface area contributed by atoms with Gasteiger partial charge < -0.3 is 9.72 Å². The quantitative estimate of drug-likeness (QED) is 0.675. The first kappa shape index (κ1) is 13.6. The predicted octanol–water partition coefficient (Wildman–Crippen LogP) is 3.39. The topological polar surface area (TPSA) is 81.1 Å². The van der Waals surface area contributed by atoms with Crippen molar-refractivity contribution in [1.82, 2.24) is 9.97 Å². The summed E-state index contributed by atoms with van der Waals surface area (Å²) in [6.45, 7) is 4.38. The molecule has 6 nitrogen and oxygen atoms in total. The third-order valence-electron chi connectivity index (χ3n) is 3.73. The van der Waals surface area contributed by atoms with Gasteiger partial charge in [-0.1, -0.05) is 0 Å². The zero-order chi connectivity index (χ0) is 15.0. The molecule has 0 saturated heterocycles. The zero-order valence-electron chi connectivity index (χ0n) is 12.0. The highest BCUT2D eigenvalue weighted by Crippen LogP contribution is 2.34. The van der Waals surface area contributed by atoms with Gasteiger partial charge in [-0.2, -0.15) is 0 Å². The van der Waals surface area contributed by atoms with Crippen LogP contribution in [-0.4, -0.2) is 21.5 Å². The van der Waals surface area contributed by atoms with Crippen molar-refractivity contribution in [3.63, 3.8) is 0 Å². The Morgan fingerprint density at radius 2 is 2.19 bits per heavy atom. The van der Waals surface area contributed by atoms with E-state index < -0.39 is 4.92 Å². The van der Waals surface area contributed by atoms with Crippen molar-refractivity contribution < 1.29 is 9.66 Å². The number of aromatic amines is 1. The van der Waals surface area contributed by atoms with E-state index in [-0.39, 0.29) is 5.69 Å². The van der Waals surface area contributed by atoms with E-state index in [2.05, 4.69) is 9.97 Å². The van der Waals surface area contributed by atoms with E-state index in [0.29, 0.717) is 29.7 Å². The molecule has 3 rings (SSSR count). The van der Waals surface area contributed by atoms with Gasteiger partial charge in [-0.25, -0.2) is 4.98 Å². The van der Waals surface area contributed by atoms with Crippen molar-refractivity contribution in [2.24, 2.45) is 5.92 Å². The Morgan fingerprint density at radius 1 is 1.43 bits per heavy atom. The van der Waals surface area contributed by atoms with Gasteiger partial charge in [0.05, 0.1) is 17.2 Å². The molecule has 1 aromatic heterocycles. The second kappa shape index (κ2) is 5.20. The lowest BCUT2D eigenvalue weighted by Gasteiger charge is -2.07. The maximum absolute atomic E-state index is 11.2. The lowest BCUT2D eigenvalue weighted by atomic mass is 10.2. The van der Waals surface area contributed by atoms with E-state index >= 15 is 0 Å². The molecule has 6 heteroatoms. The van der Waals surface area contributed by atoms with Crippen molar-refractivity contribution in [2.45, 2.75) is 26.7 Å². The first-order chi connectivity index (χ1) is 10.0. The average molecular weight is 287 g/mol. The van der Waals surface area contributed by atoms with E-state index in [1.165, 1.54) is 6.07 Å². The number of benzene rings is 1. The first-order valence-corrected chi connectivity index (χ1v) is 6.99. The lowest BCUT2D eigenvalue weighted by molar-refractivity contribution is -0.385. The lowest BCUT2D eigenvalue weighted by Crippen LogP contribution is -2.02. The van der Waals surface area contributed by atoms with Gasteiger partial charge in [-0.05, 0) is 44.7 Å². The van der Waals surface area contributed by atoms with Crippen LogP contribution in [0, 0.1) is 29.9 Å². The number of nitrogens with zero attached hydrogens (tertiary/aromatic N) is 2. The molecule has 21 heavy (non-hydrogen) atoms. The number of nitrogens with one attached hydrogen (secondary N) is 1. The highest BCUT2D eigenvalue weighted by Gasteiger charge is 2.24. The first-order valence-electron chi connectivity index (χ1n) is 6.99. The second-order valence-electron chi connectivity index (χ2n) is 5.49. The van der Waals surface area contributed by atoms with Crippen molar-refractivity contribution in [2.75, 3.05) is 6.61 Å². The second-order valence-corrected chi connectivity index (χ2v) is 5.49. The molecule has 1 aliphatic rings. The summed E-state index contributed by atoms with van der Waals surface area (Å²) >= 11 is 0. The Hall–Kier alpha value is -2.37. The molecule has 1 saturated carbocycles. The van der Waals surface area contributed by atoms with E-state index in [9.17, 15) is 10.1 Å². The summed E-state index contributed by atoms with van der Waals surface area (Å²) in [5, 5.41) is 11.2. The van der Waals surface area contributed by atoms with Gasteiger partial charge in [0.1, 0.15) is 5.82 Å². The minimum absolute atomic E-state index is 0.0140. The molecule has 1 fully saturated rings. The standard InChI is InChI=1S/C15H17N3O3/c1-9-10(2)17-15(16-9)12-5-6-14(13(7-12)18(19)20)21-8-11-3-4-11/h5-7,11H,3-4,8H2,1-2H3,(H,16,17). The summed E-state index contributed by atoms with van der Waals surface area (Å²) in [4.78, 5) is 18.3. The molecule has 110 valence electrons. The smallest absolute Gasteiger partial charge is 0.311 e. The van der Waals surface area contributed by atoms with E-state index in [1.807, 2.05) is 13.8 Å². The fraction of sp³-hybridized carbons (Fsp3) is 0.400. The maximum atomic E-state index is 11.2. The number of aryl methyl sites for hydroxylation is 2. The van der Waals surface area contributed by atoms with Crippen molar-refractivity contribution in [3.8, 4) is 17.1 Å². The monoisotopic (exact) mass is 287 g/mol. The molecule has 1 aromatic carbocycles. The Bertz CT molecular complexity index is 670. The molecule has 0 amide bonds. The normalized spacial score (nSPS) is 14.2. The summed E-state index contributed by atoms with van der Waals surface area (Å²) in [5.41, 5.74) is 2.53. The highest BCUT2D eigenvalue weighted by atomic mass is 16.6. The third-order valence-corrected chi connectivity index (χ3v) is 3.73. The zero-order valence-corrected chi connectivity index (χ0v) is 12.0. The number of imidazole rings is 1. The summed E-state index contributed by atoms with van der Waals surface area (Å²) < 4.78 is 5.57. The highest BCUT2D eigenvalue weighted by molar-refractivity contribution is 5.64. The van der Waals surface area contributed by atoms with Gasteiger partial charge >= 0.3 is 5.69 Å². The summed E-state index contributed by atoms with van der Waals surface area (Å²) in [7, 11) is 0. The molecule has 0 aliphatic heterocycles. The van der Waals surface area contributed by atoms with Crippen LogP contribution >= 0.6 is 0 Å². The SMILES string of the molecule is Cc1nc(-c2ccc(OCC3CC3)c([N+](=O)[O-])c2)[nH]c1C. The maximum Gasteiger partial charge on any atom is 0.311 e. The molecule has 1 N–H and O–H groups in total. The van der Waals surface area contributed by atoms with Gasteiger partial charge in [-0.3, -0.25) is 10.1 Å². The minimum atomic E-state index is -0.408. The molecule has 1 aliphatic carbocycles. The van der Waals surface area contributed by atoms with E-state index in [4.69, 9.17) is 4.74 Å². The van der Waals surface area contributed by atoms with Crippen LogP contribution in [0.4, 0.5) is 5.69 Å². The number of nitro benzene ring substituents is 1. The summed E-state index contributed by atoms with van der Waals surface area (Å²) in [6, 6.07) is 4.97. The van der Waals surface area contributed by atoms with E-state index in [0.717, 1.165) is 24.2 Å². The molecular weight excluding hydrogens is 270 g/mol. The third kappa shape index (κ3) is 2.89. The van der Waals surface area contributed by atoms with Crippen molar-refractivity contribution >= 4 is 5.69 Å². The predicted molar refractivity (Wildman–Crippen MR) is 78.4 cm³/mol. The van der Waals surface area contributed by atoms with Gasteiger partial charge in [0.25, 0.3) is 0 Å². The van der Waals surface area contributed by atoms with Gasteiger partial charge in [0.15, 0.2) is 5.75 Å². The van der Waals surface area contributed by atoms with Crippen LogP contribution in [-0.2, 0) is 0 Å². The summed E-state index contributed by atoms with van der Waals surface area (Å²) in [5.74, 6) is 1.53. The Kier molecular flexibility index (Phi) is 3.37. The van der Waals surface area contributed by atoms with Crippen molar-refractivity contribution in [3.05, 3.63) is 39.7 Å². The van der Waals surface area contributed by atoms with Crippen LogP contribution in [0.3, 0.4) is 0 Å². The molecule has 0 atom stereocenters. The molecule has 1 heterocycles. The average Bonchev–Trinajstić information content (AvgIpc) is 3.22. The molecule has 0 unspecified atom stereocenters. The summed E-state index contributed by atoms with van der Waals surface area (Å²) in [6.07, 6.45) is 2.30. The number of ether oxygens (including phenoxy) is 1. The number of rotatable bonds is 5. The molecule has 0 bridgehead atoms. The van der Waals surface area contributed by atoms with Crippen LogP contribution in [0.25, 0.3) is 11.4 Å². The molecule has 0 radical (unpaired) electrons. The Morgan fingerprint density at radius 3 is 2.76 bits per heavy atom. The van der Waals surface area contributed by atoms with Gasteiger partial charge in [-0.15, -0.1) is 0 Å². The largest absolute Gasteiger partial charge is 0.487 e. The number of nitro groups is 1. The van der Waals surface area contributed by atoms with Crippen LogP contribution in [0.2, 0.25) is 0 Å². The van der Waals surface area contributed by atoms with Crippen LogP contribution < -0.4 is 4.74 Å². The Balaban J connectivity index is 1.91. The Labute approximate surface area is 122 Å². The fourth-order valence-electron chi connectivity index (χ4n) is 2.11. The van der Waals surface area contributed by atoms with Crippen LogP contribution in [0.5, 0.6) is 5.75 Å². The van der Waals surface area contributed by atoms with E-state index in [1.54, 1.807) is 12.1 Å². The fourth-order valence-corrected chi connectivity index (χ4v) is 2.11. The van der Waals surface area contributed by atoms with Crippen LogP contribution in [0.15, 0.2) is 18.2 Å². The van der Waals surface area contributed by atoms with Crippen molar-refractivity contribution in [1.29, 1.82) is 0 Å². The number of hydrogen-bond donors (Lipinski definition) is 1. The van der Waals surface area contributed by atoms with Gasteiger partial charge in [0, 0.05) is 17.3 Å². The number of hydrogen-bond acceptors (Lipinski definition) is 4. The van der Waals surface area contributed by atoms with Crippen LogP contribution in [0.1, 0.15) is 24.2 Å². The molecule has 0 spiro atoms. The number of aromatic nitrogens is 2. The number of H-pyrrole nitrogens is 1. The molecule has 2 aromatic rings. The van der Waals surface area contributed by atoms with Gasteiger partial charge in [0.2, 0.25) is 0 Å². The minimum Gasteiger partial charge on any atom is -0.487 e. The molecular formula is C15H17N3O3.